The fourth-order valence-electron chi connectivity index (χ4n) is 4.04. The highest BCUT2D eigenvalue weighted by molar-refractivity contribution is 6.76. The van der Waals surface area contributed by atoms with Crippen molar-refractivity contribution < 1.29 is 14.3 Å². The molecule has 37 heavy (non-hydrogen) atoms. The maximum atomic E-state index is 12.6. The molecule has 0 bridgehead atoms. The third-order valence-electron chi connectivity index (χ3n) is 6.28. The summed E-state index contributed by atoms with van der Waals surface area (Å²) in [4.78, 5) is 21.6. The SMILES string of the molecule is CCCCCCc1cnc(-c2ccc(OC(=O)c3ccc(OCCCCC[Si](C)(C)C)cc3)cc2)nc1. The van der Waals surface area contributed by atoms with Crippen LogP contribution >= 0.6 is 0 Å². The van der Waals surface area contributed by atoms with E-state index in [1.54, 1.807) is 24.3 Å². The Morgan fingerprint density at radius 3 is 2.08 bits per heavy atom. The highest BCUT2D eigenvalue weighted by atomic mass is 28.3. The van der Waals surface area contributed by atoms with E-state index in [4.69, 9.17) is 9.47 Å². The van der Waals surface area contributed by atoms with Gasteiger partial charge in [0.05, 0.1) is 12.2 Å². The number of hydrogen-bond acceptors (Lipinski definition) is 5. The van der Waals surface area contributed by atoms with Crippen LogP contribution in [0, 0.1) is 0 Å². The third kappa shape index (κ3) is 10.5. The summed E-state index contributed by atoms with van der Waals surface area (Å²) in [7, 11) is -0.944. The summed E-state index contributed by atoms with van der Waals surface area (Å²) in [5.74, 6) is 1.54. The van der Waals surface area contributed by atoms with Crippen molar-refractivity contribution >= 4 is 14.0 Å². The zero-order chi connectivity index (χ0) is 26.5. The quantitative estimate of drug-likeness (QED) is 0.0875. The molecule has 3 aromatic rings. The van der Waals surface area contributed by atoms with Crippen molar-refractivity contribution in [1.82, 2.24) is 9.97 Å². The van der Waals surface area contributed by atoms with Gasteiger partial charge in [-0.2, -0.15) is 0 Å². The molecule has 0 aliphatic rings. The minimum absolute atomic E-state index is 0.394. The predicted molar refractivity (Wildman–Crippen MR) is 154 cm³/mol. The van der Waals surface area contributed by atoms with Gasteiger partial charge in [-0.05, 0) is 73.4 Å². The molecule has 2 aromatic carbocycles. The first-order chi connectivity index (χ1) is 17.8. The van der Waals surface area contributed by atoms with Crippen LogP contribution in [-0.4, -0.2) is 30.6 Å². The molecule has 0 amide bonds. The summed E-state index contributed by atoms with van der Waals surface area (Å²) < 4.78 is 11.4. The molecule has 0 saturated carbocycles. The molecule has 6 heteroatoms. The van der Waals surface area contributed by atoms with Crippen molar-refractivity contribution in [3.63, 3.8) is 0 Å². The first-order valence-corrected chi connectivity index (χ1v) is 17.4. The molecular weight excluding hydrogens is 476 g/mol. The average molecular weight is 519 g/mol. The molecule has 0 fully saturated rings. The topological polar surface area (TPSA) is 61.3 Å². The third-order valence-corrected chi connectivity index (χ3v) is 8.13. The maximum absolute atomic E-state index is 12.6. The first kappa shape index (κ1) is 28.6. The summed E-state index contributed by atoms with van der Waals surface area (Å²) in [6, 6.07) is 15.8. The summed E-state index contributed by atoms with van der Waals surface area (Å²) in [6.45, 7) is 10.2. The van der Waals surface area contributed by atoms with Crippen molar-refractivity contribution in [2.24, 2.45) is 0 Å². The van der Waals surface area contributed by atoms with Crippen LogP contribution in [0.4, 0.5) is 0 Å². The van der Waals surface area contributed by atoms with Gasteiger partial charge in [-0.25, -0.2) is 14.8 Å². The van der Waals surface area contributed by atoms with Crippen molar-refractivity contribution in [3.05, 3.63) is 72.1 Å². The standard InChI is InChI=1S/C31H42N2O3Si/c1-5-6-7-9-12-25-23-32-30(33-24-25)26-13-19-29(20-14-26)36-31(34)27-15-17-28(18-16-27)35-21-10-8-11-22-37(2,3)4/h13-20,23-24H,5-12,21-22H2,1-4H3. The molecule has 0 unspecified atom stereocenters. The van der Waals surface area contributed by atoms with E-state index in [1.165, 1.54) is 50.1 Å². The Hall–Kier alpha value is -2.99. The van der Waals surface area contributed by atoms with Gasteiger partial charge in [0.25, 0.3) is 0 Å². The molecule has 3 rings (SSSR count). The van der Waals surface area contributed by atoms with Crippen molar-refractivity contribution in [1.29, 1.82) is 0 Å². The van der Waals surface area contributed by atoms with Gasteiger partial charge in [0.2, 0.25) is 0 Å². The second-order valence-electron chi connectivity index (χ2n) is 10.9. The Morgan fingerprint density at radius 2 is 1.43 bits per heavy atom. The summed E-state index contributed by atoms with van der Waals surface area (Å²) >= 11 is 0. The minimum Gasteiger partial charge on any atom is -0.494 e. The highest BCUT2D eigenvalue weighted by Crippen LogP contribution is 2.21. The molecule has 1 aromatic heterocycles. The minimum atomic E-state index is -0.944. The van der Waals surface area contributed by atoms with Gasteiger partial charge in [-0.3, -0.25) is 0 Å². The molecule has 0 atom stereocenters. The van der Waals surface area contributed by atoms with Crippen molar-refractivity contribution in [3.8, 4) is 22.9 Å². The lowest BCUT2D eigenvalue weighted by Crippen LogP contribution is -2.18. The van der Waals surface area contributed by atoms with Crippen LogP contribution in [0.15, 0.2) is 60.9 Å². The molecule has 0 radical (unpaired) electrons. The summed E-state index contributed by atoms with van der Waals surface area (Å²) in [5, 5.41) is 0. The Morgan fingerprint density at radius 1 is 0.784 bits per heavy atom. The number of aromatic nitrogens is 2. The van der Waals surface area contributed by atoms with Crippen LogP contribution in [0.2, 0.25) is 25.7 Å². The van der Waals surface area contributed by atoms with Gasteiger partial charge in [-0.15, -0.1) is 0 Å². The lowest BCUT2D eigenvalue weighted by atomic mass is 10.1. The van der Waals surface area contributed by atoms with E-state index < -0.39 is 14.0 Å². The number of carbonyl (C=O) groups excluding carboxylic acids is 1. The van der Waals surface area contributed by atoms with E-state index in [1.807, 2.05) is 36.7 Å². The lowest BCUT2D eigenvalue weighted by molar-refractivity contribution is 0.0734. The molecule has 0 N–H and O–H groups in total. The van der Waals surface area contributed by atoms with Gasteiger partial charge in [-0.1, -0.05) is 64.7 Å². The fraction of sp³-hybridized carbons (Fsp3) is 0.452. The number of aryl methyl sites for hydroxylation is 1. The maximum Gasteiger partial charge on any atom is 0.343 e. The summed E-state index contributed by atoms with van der Waals surface area (Å²) in [6.07, 6.45) is 13.3. The highest BCUT2D eigenvalue weighted by Gasteiger charge is 2.12. The van der Waals surface area contributed by atoms with E-state index in [0.717, 1.165) is 24.2 Å². The number of benzene rings is 2. The molecule has 5 nitrogen and oxygen atoms in total. The molecular formula is C31H42N2O3Si. The van der Waals surface area contributed by atoms with Crippen molar-refractivity contribution in [2.45, 2.75) is 84.0 Å². The van der Waals surface area contributed by atoms with E-state index in [-0.39, 0.29) is 0 Å². The smallest absolute Gasteiger partial charge is 0.343 e. The Balaban J connectivity index is 1.43. The molecule has 198 valence electrons. The van der Waals surface area contributed by atoms with Crippen LogP contribution in [0.1, 0.15) is 67.8 Å². The van der Waals surface area contributed by atoms with E-state index in [2.05, 4.69) is 36.5 Å². The normalized spacial score (nSPS) is 11.4. The van der Waals surface area contributed by atoms with E-state index >= 15 is 0 Å². The fourth-order valence-corrected chi connectivity index (χ4v) is 5.35. The monoisotopic (exact) mass is 518 g/mol. The van der Waals surface area contributed by atoms with Crippen LogP contribution in [-0.2, 0) is 6.42 Å². The molecule has 0 spiro atoms. The first-order valence-electron chi connectivity index (χ1n) is 13.7. The number of ether oxygens (including phenoxy) is 2. The molecule has 0 aliphatic heterocycles. The van der Waals surface area contributed by atoms with Crippen LogP contribution in [0.3, 0.4) is 0 Å². The number of hydrogen-bond donors (Lipinski definition) is 0. The Kier molecular flexibility index (Phi) is 11.3. The zero-order valence-corrected chi connectivity index (χ0v) is 24.0. The van der Waals surface area contributed by atoms with Gasteiger partial charge in [0.15, 0.2) is 5.82 Å². The second kappa shape index (κ2) is 14.7. The van der Waals surface area contributed by atoms with Crippen LogP contribution < -0.4 is 9.47 Å². The number of rotatable bonds is 15. The second-order valence-corrected chi connectivity index (χ2v) is 16.5. The van der Waals surface area contributed by atoms with Crippen LogP contribution in [0.5, 0.6) is 11.5 Å². The van der Waals surface area contributed by atoms with Crippen LogP contribution in [0.25, 0.3) is 11.4 Å². The largest absolute Gasteiger partial charge is 0.494 e. The Bertz CT molecular complexity index is 1080. The summed E-state index contributed by atoms with van der Waals surface area (Å²) in [5.41, 5.74) is 2.54. The van der Waals surface area contributed by atoms with Gasteiger partial charge >= 0.3 is 5.97 Å². The van der Waals surface area contributed by atoms with E-state index in [9.17, 15) is 4.79 Å². The molecule has 0 saturated heterocycles. The Labute approximate surface area is 223 Å². The number of unbranched alkanes of at least 4 members (excludes halogenated alkanes) is 5. The number of esters is 1. The predicted octanol–water partition coefficient (Wildman–Crippen LogP) is 8.37. The van der Waals surface area contributed by atoms with Gasteiger partial charge < -0.3 is 9.47 Å². The van der Waals surface area contributed by atoms with Gasteiger partial charge in [0.1, 0.15) is 11.5 Å². The molecule has 0 aliphatic carbocycles. The molecule has 1 heterocycles. The number of carbonyl (C=O) groups is 1. The van der Waals surface area contributed by atoms with E-state index in [0.29, 0.717) is 23.7 Å². The number of nitrogens with zero attached hydrogens (tertiary/aromatic N) is 2. The zero-order valence-electron chi connectivity index (χ0n) is 23.0. The van der Waals surface area contributed by atoms with Crippen molar-refractivity contribution in [2.75, 3.05) is 6.61 Å². The van der Waals surface area contributed by atoms with Gasteiger partial charge in [0, 0.05) is 26.0 Å². The lowest BCUT2D eigenvalue weighted by Gasteiger charge is -2.15. The average Bonchev–Trinajstić information content (AvgIpc) is 2.89.